The van der Waals surface area contributed by atoms with E-state index in [1.54, 1.807) is 0 Å². The molecule has 0 spiro atoms. The van der Waals surface area contributed by atoms with Crippen LogP contribution < -0.4 is 32.4 Å². The van der Waals surface area contributed by atoms with Crippen LogP contribution >= 0.6 is 0 Å². The average Bonchev–Trinajstić information content (AvgIpc) is 3.20. The molecule has 0 saturated heterocycles. The third-order valence-corrected chi connectivity index (χ3v) is 8.19. The fourth-order valence-electron chi connectivity index (χ4n) is 5.46. The van der Waals surface area contributed by atoms with Crippen LogP contribution in [0.2, 0.25) is 0 Å². The predicted molar refractivity (Wildman–Crippen MR) is 216 cm³/mol. The fourth-order valence-corrected chi connectivity index (χ4v) is 5.46. The molecule has 0 fully saturated rings. The molecule has 61 heavy (non-hydrogen) atoms. The Morgan fingerprint density at radius 1 is 0.574 bits per heavy atom. The number of carboxylic acids is 3. The van der Waals surface area contributed by atoms with Gasteiger partial charge in [-0.3, -0.25) is 19.2 Å². The van der Waals surface area contributed by atoms with Crippen molar-refractivity contribution in [2.24, 2.45) is 32.9 Å². The van der Waals surface area contributed by atoms with E-state index in [0.29, 0.717) is 11.4 Å². The van der Waals surface area contributed by atoms with Gasteiger partial charge in [0, 0.05) is 24.2 Å². The third-order valence-electron chi connectivity index (χ3n) is 8.19. The van der Waals surface area contributed by atoms with Crippen LogP contribution in [0, 0.1) is 0 Å². The Bertz CT molecular complexity index is 2330. The third kappa shape index (κ3) is 13.9. The lowest BCUT2D eigenvalue weighted by Gasteiger charge is -2.28. The number of aliphatic carboxylic acids is 3. The number of carbonyl (C=O) groups excluding carboxylic acids is 4. The topological polar surface area (TPSA) is 343 Å². The molecule has 1 atom stereocenters. The molecule has 0 heterocycles. The zero-order chi connectivity index (χ0) is 44.6. The SMILES string of the molecule is NC(N)=Nc1ccc(C(=O)Oc2cccc(C(=O)N(CCOCCN(C(=O)c3cccc(OC(=O)c4ccc(N=C(N)N)cc4)c3)[C@@H](CC(=O)O)C(=O)O)CC(=O)O)c2)cc1. The maximum Gasteiger partial charge on any atom is 0.343 e. The number of ether oxygens (including phenoxy) is 3. The second-order valence-electron chi connectivity index (χ2n) is 12.7. The number of nitrogens with two attached hydrogens (primary N) is 4. The summed E-state index contributed by atoms with van der Waals surface area (Å²) in [6.45, 7) is -2.21. The number of carboxylic acid groups (broad SMARTS) is 3. The van der Waals surface area contributed by atoms with Crippen molar-refractivity contribution >= 4 is 65.0 Å². The van der Waals surface area contributed by atoms with E-state index < -0.39 is 67.2 Å². The summed E-state index contributed by atoms with van der Waals surface area (Å²) >= 11 is 0. The zero-order valence-electron chi connectivity index (χ0n) is 32.1. The van der Waals surface area contributed by atoms with Crippen LogP contribution in [0.4, 0.5) is 11.4 Å². The quantitative estimate of drug-likeness (QED) is 0.0218. The van der Waals surface area contributed by atoms with Crippen molar-refractivity contribution < 1.29 is 63.1 Å². The van der Waals surface area contributed by atoms with Gasteiger partial charge < -0.3 is 62.3 Å². The standard InChI is InChI=1S/C40H40N8O13/c41-39(42)45-27-11-7-23(8-12-27)37(57)60-29-5-1-3-25(19-29)34(53)47(22-33(51)52)15-17-59-18-16-48(31(36(55)56)21-32(49)50)35(54)26-4-2-6-30(20-26)61-38(58)24-9-13-28(14-10-24)46-40(43)44/h1-14,19-20,31H,15-18,21-22H2,(H,49,50)(H,51,52)(H,55,56)(H4,41,42,45)(H4,43,44,46)/t31-/m0/s1. The number of nitrogens with zero attached hydrogens (tertiary/aromatic N) is 4. The number of esters is 2. The van der Waals surface area contributed by atoms with Crippen LogP contribution in [0.5, 0.6) is 11.5 Å². The Hall–Kier alpha value is -8.33. The van der Waals surface area contributed by atoms with Crippen molar-refractivity contribution in [1.82, 2.24) is 9.80 Å². The van der Waals surface area contributed by atoms with Gasteiger partial charge in [0.1, 0.15) is 24.1 Å². The van der Waals surface area contributed by atoms with E-state index in [1.165, 1.54) is 97.1 Å². The number of benzene rings is 4. The molecular formula is C40H40N8O13. The number of guanidine groups is 2. The Labute approximate surface area is 346 Å². The second-order valence-corrected chi connectivity index (χ2v) is 12.7. The average molecular weight is 841 g/mol. The summed E-state index contributed by atoms with van der Waals surface area (Å²) in [4.78, 5) is 97.7. The van der Waals surface area contributed by atoms with E-state index in [9.17, 15) is 48.9 Å². The minimum absolute atomic E-state index is 0.0197. The smallest absolute Gasteiger partial charge is 0.343 e. The predicted octanol–water partition coefficient (Wildman–Crippen LogP) is 1.55. The number of amides is 2. The van der Waals surface area contributed by atoms with Gasteiger partial charge in [-0.15, -0.1) is 0 Å². The molecule has 0 aliphatic rings. The van der Waals surface area contributed by atoms with Crippen LogP contribution in [0.25, 0.3) is 0 Å². The molecule has 0 aliphatic carbocycles. The first-order valence-electron chi connectivity index (χ1n) is 17.9. The van der Waals surface area contributed by atoms with Crippen LogP contribution in [0.3, 0.4) is 0 Å². The fraction of sp³-hybridized carbons (Fsp3) is 0.175. The van der Waals surface area contributed by atoms with Crippen molar-refractivity contribution in [3.63, 3.8) is 0 Å². The molecule has 0 saturated carbocycles. The molecule has 21 heteroatoms. The van der Waals surface area contributed by atoms with E-state index in [4.69, 9.17) is 37.1 Å². The molecular weight excluding hydrogens is 800 g/mol. The van der Waals surface area contributed by atoms with Gasteiger partial charge in [0.05, 0.1) is 42.1 Å². The van der Waals surface area contributed by atoms with Crippen LogP contribution in [0.15, 0.2) is 107 Å². The van der Waals surface area contributed by atoms with Gasteiger partial charge >= 0.3 is 29.8 Å². The normalized spacial score (nSPS) is 11.0. The highest BCUT2D eigenvalue weighted by molar-refractivity contribution is 5.99. The summed E-state index contributed by atoms with van der Waals surface area (Å²) < 4.78 is 16.4. The molecule has 0 aromatic heterocycles. The van der Waals surface area contributed by atoms with Gasteiger partial charge in [0.15, 0.2) is 11.9 Å². The summed E-state index contributed by atoms with van der Waals surface area (Å²) in [5, 5.41) is 28.9. The first-order valence-corrected chi connectivity index (χ1v) is 17.9. The molecule has 4 aromatic carbocycles. The molecule has 0 bridgehead atoms. The number of carbonyl (C=O) groups is 7. The Kier molecular flexibility index (Phi) is 15.9. The minimum Gasteiger partial charge on any atom is -0.481 e. The van der Waals surface area contributed by atoms with Crippen LogP contribution in [0.1, 0.15) is 47.9 Å². The lowest BCUT2D eigenvalue weighted by Crippen LogP contribution is -2.48. The number of rotatable bonds is 20. The van der Waals surface area contributed by atoms with Crippen molar-refractivity contribution in [2.45, 2.75) is 12.5 Å². The largest absolute Gasteiger partial charge is 0.481 e. The first kappa shape index (κ1) is 45.4. The van der Waals surface area contributed by atoms with Crippen molar-refractivity contribution in [3.05, 3.63) is 119 Å². The summed E-state index contributed by atoms with van der Waals surface area (Å²) in [5.74, 6) is -8.25. The van der Waals surface area contributed by atoms with Gasteiger partial charge in [0.2, 0.25) is 0 Å². The molecule has 318 valence electrons. The highest BCUT2D eigenvalue weighted by Gasteiger charge is 2.32. The van der Waals surface area contributed by atoms with Crippen molar-refractivity contribution in [2.75, 3.05) is 32.8 Å². The Morgan fingerprint density at radius 3 is 1.46 bits per heavy atom. The lowest BCUT2D eigenvalue weighted by atomic mass is 10.1. The van der Waals surface area contributed by atoms with E-state index in [0.717, 1.165) is 9.80 Å². The molecule has 2 amide bonds. The Morgan fingerprint density at radius 2 is 1.03 bits per heavy atom. The van der Waals surface area contributed by atoms with Gasteiger partial charge in [-0.25, -0.2) is 24.4 Å². The van der Waals surface area contributed by atoms with Gasteiger partial charge in [0.25, 0.3) is 11.8 Å². The maximum atomic E-state index is 13.7. The minimum atomic E-state index is -1.86. The van der Waals surface area contributed by atoms with Crippen molar-refractivity contribution in [3.8, 4) is 11.5 Å². The lowest BCUT2D eigenvalue weighted by molar-refractivity contribution is -0.149. The molecule has 11 N–H and O–H groups in total. The molecule has 4 rings (SSSR count). The molecule has 21 nitrogen and oxygen atoms in total. The highest BCUT2D eigenvalue weighted by Crippen LogP contribution is 2.21. The number of hydrogen-bond donors (Lipinski definition) is 7. The Balaban J connectivity index is 1.42. The number of hydrogen-bond acceptors (Lipinski definition) is 12. The molecule has 4 aromatic rings. The number of aliphatic imine (C=N–C) groups is 2. The molecule has 0 aliphatic heterocycles. The second kappa shape index (κ2) is 21.4. The molecule has 0 unspecified atom stereocenters. The summed E-state index contributed by atoms with van der Waals surface area (Å²) in [6.07, 6.45) is -0.980. The van der Waals surface area contributed by atoms with E-state index in [-0.39, 0.29) is 65.4 Å². The zero-order valence-corrected chi connectivity index (χ0v) is 32.1. The monoisotopic (exact) mass is 840 g/mol. The summed E-state index contributed by atoms with van der Waals surface area (Å²) in [7, 11) is 0. The van der Waals surface area contributed by atoms with Crippen molar-refractivity contribution in [1.29, 1.82) is 0 Å². The van der Waals surface area contributed by atoms with Crippen LogP contribution in [-0.4, -0.2) is 118 Å². The van der Waals surface area contributed by atoms with E-state index >= 15 is 0 Å². The van der Waals surface area contributed by atoms with Crippen LogP contribution in [-0.2, 0) is 19.1 Å². The van der Waals surface area contributed by atoms with Gasteiger partial charge in [-0.05, 0) is 84.9 Å². The summed E-state index contributed by atoms with van der Waals surface area (Å²) in [6, 6.07) is 20.3. The van der Waals surface area contributed by atoms with E-state index in [1.807, 2.05) is 0 Å². The van der Waals surface area contributed by atoms with Gasteiger partial charge in [-0.1, -0.05) is 12.1 Å². The van der Waals surface area contributed by atoms with Gasteiger partial charge in [-0.2, -0.15) is 0 Å². The molecule has 0 radical (unpaired) electrons. The first-order chi connectivity index (χ1) is 29.0. The van der Waals surface area contributed by atoms with E-state index in [2.05, 4.69) is 9.98 Å². The highest BCUT2D eigenvalue weighted by atomic mass is 16.5. The maximum absolute atomic E-state index is 13.7. The summed E-state index contributed by atoms with van der Waals surface area (Å²) in [5.41, 5.74) is 22.3.